The predicted octanol–water partition coefficient (Wildman–Crippen LogP) is 4.19. The van der Waals surface area contributed by atoms with Gasteiger partial charge in [0, 0.05) is 22.8 Å². The van der Waals surface area contributed by atoms with Gasteiger partial charge in [-0.25, -0.2) is 9.37 Å². The van der Waals surface area contributed by atoms with Crippen LogP contribution in [0.15, 0.2) is 34.8 Å². The van der Waals surface area contributed by atoms with E-state index in [1.807, 2.05) is 13.0 Å². The van der Waals surface area contributed by atoms with Gasteiger partial charge in [-0.1, -0.05) is 28.9 Å². The second kappa shape index (κ2) is 6.81. The molecule has 0 atom stereocenters. The van der Waals surface area contributed by atoms with Crippen molar-refractivity contribution < 1.29 is 9.13 Å². The molecule has 0 saturated heterocycles. The Balaban J connectivity index is 2.15. The van der Waals surface area contributed by atoms with Gasteiger partial charge < -0.3 is 10.1 Å². The molecule has 0 fully saturated rings. The van der Waals surface area contributed by atoms with Gasteiger partial charge in [0.25, 0.3) is 0 Å². The van der Waals surface area contributed by atoms with E-state index < -0.39 is 5.82 Å². The fourth-order valence-corrected chi connectivity index (χ4v) is 2.07. The van der Waals surface area contributed by atoms with E-state index in [1.54, 1.807) is 18.2 Å². The highest BCUT2D eigenvalue weighted by molar-refractivity contribution is 9.10. The second-order valence-corrected chi connectivity index (χ2v) is 5.27. The van der Waals surface area contributed by atoms with E-state index in [9.17, 15) is 4.39 Å². The molecule has 20 heavy (non-hydrogen) atoms. The van der Waals surface area contributed by atoms with Crippen LogP contribution in [0.5, 0.6) is 11.6 Å². The van der Waals surface area contributed by atoms with E-state index >= 15 is 0 Å². The number of nitrogens with one attached hydrogen (secondary N) is 1. The number of halogens is 2. The summed E-state index contributed by atoms with van der Waals surface area (Å²) in [5.74, 6) is 0.138. The normalized spacial score (nSPS) is 10.6. The molecule has 0 spiro atoms. The molecule has 2 rings (SSSR count). The summed E-state index contributed by atoms with van der Waals surface area (Å²) in [6, 6.07) is 8.35. The molecular formula is C15H16BrFN2O. The summed E-state index contributed by atoms with van der Waals surface area (Å²) in [7, 11) is 0. The minimum atomic E-state index is -0.421. The Morgan fingerprint density at radius 3 is 2.75 bits per heavy atom. The largest absolute Gasteiger partial charge is 0.436 e. The van der Waals surface area contributed by atoms with Crippen molar-refractivity contribution in [3.05, 3.63) is 51.9 Å². The van der Waals surface area contributed by atoms with Gasteiger partial charge in [-0.05, 0) is 37.2 Å². The average Bonchev–Trinajstić information content (AvgIpc) is 2.41. The molecule has 2 aromatic rings. The summed E-state index contributed by atoms with van der Waals surface area (Å²) in [5, 5.41) is 3.24. The average molecular weight is 339 g/mol. The maximum Gasteiger partial charge on any atom is 0.219 e. The molecule has 3 nitrogen and oxygen atoms in total. The van der Waals surface area contributed by atoms with E-state index in [-0.39, 0.29) is 5.75 Å². The highest BCUT2D eigenvalue weighted by Crippen LogP contribution is 2.26. The Morgan fingerprint density at radius 1 is 1.30 bits per heavy atom. The number of aromatic nitrogens is 1. The maximum absolute atomic E-state index is 13.7. The second-order valence-electron chi connectivity index (χ2n) is 4.35. The fourth-order valence-electron chi connectivity index (χ4n) is 1.74. The van der Waals surface area contributed by atoms with Crippen LogP contribution in [0.2, 0.25) is 0 Å². The van der Waals surface area contributed by atoms with Crippen molar-refractivity contribution in [1.82, 2.24) is 10.3 Å². The van der Waals surface area contributed by atoms with Crippen molar-refractivity contribution in [3.8, 4) is 11.6 Å². The first-order chi connectivity index (χ1) is 9.60. The van der Waals surface area contributed by atoms with Crippen LogP contribution in [0.3, 0.4) is 0 Å². The molecule has 1 heterocycles. The van der Waals surface area contributed by atoms with E-state index in [0.29, 0.717) is 10.4 Å². The molecule has 1 N–H and O–H groups in total. The lowest BCUT2D eigenvalue weighted by Gasteiger charge is -2.10. The zero-order valence-corrected chi connectivity index (χ0v) is 13.0. The van der Waals surface area contributed by atoms with Gasteiger partial charge in [0.1, 0.15) is 0 Å². The summed E-state index contributed by atoms with van der Waals surface area (Å²) in [4.78, 5) is 4.34. The molecule has 106 valence electrons. The van der Waals surface area contributed by atoms with Crippen LogP contribution in [0.1, 0.15) is 18.2 Å². The van der Waals surface area contributed by atoms with E-state index in [2.05, 4.69) is 33.2 Å². The van der Waals surface area contributed by atoms with Crippen molar-refractivity contribution in [1.29, 1.82) is 0 Å². The van der Waals surface area contributed by atoms with Crippen LogP contribution >= 0.6 is 15.9 Å². The lowest BCUT2D eigenvalue weighted by molar-refractivity contribution is 0.426. The molecule has 1 aromatic carbocycles. The third kappa shape index (κ3) is 3.77. The van der Waals surface area contributed by atoms with Crippen molar-refractivity contribution in [2.24, 2.45) is 0 Å². The summed E-state index contributed by atoms with van der Waals surface area (Å²) < 4.78 is 19.8. The number of hydrogen-bond acceptors (Lipinski definition) is 3. The number of nitrogens with zero attached hydrogens (tertiary/aromatic N) is 1. The van der Waals surface area contributed by atoms with Crippen LogP contribution < -0.4 is 10.1 Å². The molecular weight excluding hydrogens is 323 g/mol. The van der Waals surface area contributed by atoms with Crippen LogP contribution in [-0.2, 0) is 6.54 Å². The van der Waals surface area contributed by atoms with Gasteiger partial charge in [-0.2, -0.15) is 0 Å². The van der Waals surface area contributed by atoms with Crippen molar-refractivity contribution in [3.63, 3.8) is 0 Å². The van der Waals surface area contributed by atoms with Crippen molar-refractivity contribution in [2.75, 3.05) is 6.54 Å². The van der Waals surface area contributed by atoms with Crippen LogP contribution in [0, 0.1) is 12.7 Å². The fraction of sp³-hybridized carbons (Fsp3) is 0.267. The maximum atomic E-state index is 13.7. The SMILES string of the molecule is CCNCc1ccc(Oc2ccc(Br)cc2F)nc1C. The van der Waals surface area contributed by atoms with Gasteiger partial charge in [0.05, 0.1) is 0 Å². The lowest BCUT2D eigenvalue weighted by atomic mass is 10.2. The van der Waals surface area contributed by atoms with E-state index in [4.69, 9.17) is 4.74 Å². The van der Waals surface area contributed by atoms with Crippen molar-refractivity contribution in [2.45, 2.75) is 20.4 Å². The number of hydrogen-bond donors (Lipinski definition) is 1. The molecule has 0 bridgehead atoms. The molecule has 0 saturated carbocycles. The number of ether oxygens (including phenoxy) is 1. The molecule has 0 radical (unpaired) electrons. The highest BCUT2D eigenvalue weighted by atomic mass is 79.9. The first-order valence-electron chi connectivity index (χ1n) is 6.40. The Morgan fingerprint density at radius 2 is 2.10 bits per heavy atom. The van der Waals surface area contributed by atoms with Gasteiger partial charge in [-0.15, -0.1) is 0 Å². The van der Waals surface area contributed by atoms with E-state index in [1.165, 1.54) is 6.07 Å². The Hall–Kier alpha value is -1.46. The molecule has 0 aliphatic rings. The van der Waals surface area contributed by atoms with E-state index in [0.717, 1.165) is 24.3 Å². The minimum absolute atomic E-state index is 0.166. The Kier molecular flexibility index (Phi) is 5.09. The third-order valence-electron chi connectivity index (χ3n) is 2.84. The highest BCUT2D eigenvalue weighted by Gasteiger charge is 2.08. The molecule has 0 aliphatic heterocycles. The minimum Gasteiger partial charge on any atom is -0.436 e. The summed E-state index contributed by atoms with van der Waals surface area (Å²) in [5.41, 5.74) is 1.98. The first kappa shape index (κ1) is 14.9. The topological polar surface area (TPSA) is 34.1 Å². The summed E-state index contributed by atoms with van der Waals surface area (Å²) >= 11 is 3.21. The predicted molar refractivity (Wildman–Crippen MR) is 80.5 cm³/mol. The van der Waals surface area contributed by atoms with Crippen LogP contribution in [0.25, 0.3) is 0 Å². The number of pyridine rings is 1. The zero-order valence-electron chi connectivity index (χ0n) is 11.4. The number of benzene rings is 1. The molecule has 1 aromatic heterocycles. The van der Waals surface area contributed by atoms with Gasteiger partial charge in [-0.3, -0.25) is 0 Å². The number of rotatable bonds is 5. The first-order valence-corrected chi connectivity index (χ1v) is 7.19. The Bertz CT molecular complexity index is 604. The quantitative estimate of drug-likeness (QED) is 0.887. The Labute approximate surface area is 126 Å². The zero-order chi connectivity index (χ0) is 14.5. The van der Waals surface area contributed by atoms with Gasteiger partial charge in [0.15, 0.2) is 11.6 Å². The summed E-state index contributed by atoms with van der Waals surface area (Å²) in [6.07, 6.45) is 0. The van der Waals surface area contributed by atoms with Crippen LogP contribution in [0.4, 0.5) is 4.39 Å². The van der Waals surface area contributed by atoms with Crippen LogP contribution in [-0.4, -0.2) is 11.5 Å². The van der Waals surface area contributed by atoms with Gasteiger partial charge >= 0.3 is 0 Å². The third-order valence-corrected chi connectivity index (χ3v) is 3.34. The monoisotopic (exact) mass is 338 g/mol. The molecule has 5 heteroatoms. The van der Waals surface area contributed by atoms with Crippen molar-refractivity contribution >= 4 is 15.9 Å². The smallest absolute Gasteiger partial charge is 0.219 e. The molecule has 0 amide bonds. The van der Waals surface area contributed by atoms with Gasteiger partial charge in [0.2, 0.25) is 5.88 Å². The number of aryl methyl sites for hydroxylation is 1. The summed E-state index contributed by atoms with van der Waals surface area (Å²) in [6.45, 7) is 5.64. The standard InChI is InChI=1S/C15H16BrFN2O/c1-3-18-9-11-4-7-15(19-10(11)2)20-14-6-5-12(16)8-13(14)17/h4-8,18H,3,9H2,1-2H3. The molecule has 0 unspecified atom stereocenters. The lowest BCUT2D eigenvalue weighted by Crippen LogP contribution is -2.13. The molecule has 0 aliphatic carbocycles.